The van der Waals surface area contributed by atoms with Crippen LogP contribution in [0.1, 0.15) is 39.1 Å². The van der Waals surface area contributed by atoms with Crippen molar-refractivity contribution in [3.8, 4) is 0 Å². The van der Waals surface area contributed by atoms with Crippen LogP contribution in [0.2, 0.25) is 0 Å². The van der Waals surface area contributed by atoms with Gasteiger partial charge in [-0.3, -0.25) is 9.48 Å². The zero-order valence-electron chi connectivity index (χ0n) is 11.7. The van der Waals surface area contributed by atoms with E-state index in [0.29, 0.717) is 6.42 Å². The van der Waals surface area contributed by atoms with Gasteiger partial charge in [-0.15, -0.1) is 0 Å². The van der Waals surface area contributed by atoms with Crippen LogP contribution in [0, 0.1) is 12.3 Å². The van der Waals surface area contributed by atoms with Crippen LogP contribution in [0.3, 0.4) is 0 Å². The molecule has 0 bridgehead atoms. The van der Waals surface area contributed by atoms with E-state index in [1.165, 1.54) is 0 Å². The molecule has 1 aromatic rings. The molecule has 0 spiro atoms. The van der Waals surface area contributed by atoms with E-state index in [9.17, 15) is 4.79 Å². The van der Waals surface area contributed by atoms with Gasteiger partial charge in [-0.25, -0.2) is 0 Å². The predicted octanol–water partition coefficient (Wildman–Crippen LogP) is 1.60. The second-order valence-electron chi connectivity index (χ2n) is 5.85. The molecule has 0 aromatic carbocycles. The van der Waals surface area contributed by atoms with Gasteiger partial charge >= 0.3 is 0 Å². The number of hydrogen-bond donors (Lipinski definition) is 1. The summed E-state index contributed by atoms with van der Waals surface area (Å²) in [5, 5.41) is 4.24. The van der Waals surface area contributed by atoms with Crippen LogP contribution in [0.5, 0.6) is 0 Å². The lowest BCUT2D eigenvalue weighted by atomic mass is 9.71. The van der Waals surface area contributed by atoms with Gasteiger partial charge in [-0.05, 0) is 26.8 Å². The molecule has 0 unspecified atom stereocenters. The topological polar surface area (TPSA) is 60.9 Å². The van der Waals surface area contributed by atoms with Gasteiger partial charge in [0.15, 0.2) is 0 Å². The minimum absolute atomic E-state index is 0.146. The first-order valence-corrected chi connectivity index (χ1v) is 5.87. The van der Waals surface area contributed by atoms with Crippen molar-refractivity contribution in [2.75, 3.05) is 0 Å². The number of Topliss-reactive ketones (excluding diaryl/α,β-unsaturated/α-hetero) is 1. The first-order chi connectivity index (χ1) is 7.55. The van der Waals surface area contributed by atoms with Gasteiger partial charge < -0.3 is 5.73 Å². The fraction of sp³-hybridized carbons (Fsp3) is 0.692. The molecule has 0 fully saturated rings. The number of ketones is 1. The van der Waals surface area contributed by atoms with E-state index in [-0.39, 0.29) is 5.78 Å². The van der Waals surface area contributed by atoms with Crippen molar-refractivity contribution in [1.82, 2.24) is 9.78 Å². The van der Waals surface area contributed by atoms with Crippen LogP contribution in [-0.2, 0) is 18.3 Å². The Morgan fingerprint density at radius 1 is 1.41 bits per heavy atom. The zero-order valence-corrected chi connectivity index (χ0v) is 11.7. The van der Waals surface area contributed by atoms with Gasteiger partial charge in [0.05, 0.1) is 5.69 Å². The highest BCUT2D eigenvalue weighted by Crippen LogP contribution is 2.30. The molecule has 0 saturated heterocycles. The van der Waals surface area contributed by atoms with Crippen LogP contribution in [-0.4, -0.2) is 21.1 Å². The second kappa shape index (κ2) is 4.26. The van der Waals surface area contributed by atoms with E-state index in [0.717, 1.165) is 11.4 Å². The van der Waals surface area contributed by atoms with E-state index in [1.807, 2.05) is 47.7 Å². The van der Waals surface area contributed by atoms with Crippen LogP contribution >= 0.6 is 0 Å². The van der Waals surface area contributed by atoms with Crippen molar-refractivity contribution >= 4 is 5.78 Å². The smallest absolute Gasteiger partial charge is 0.146 e. The predicted molar refractivity (Wildman–Crippen MR) is 68.7 cm³/mol. The SMILES string of the molecule is Cc1cc(CC(=O)C(C)(C)C(C)(C)N)n(C)n1. The quantitative estimate of drug-likeness (QED) is 0.865. The van der Waals surface area contributed by atoms with Crippen molar-refractivity contribution < 1.29 is 4.79 Å². The molecule has 4 nitrogen and oxygen atoms in total. The van der Waals surface area contributed by atoms with Gasteiger partial charge in [-0.1, -0.05) is 13.8 Å². The summed E-state index contributed by atoms with van der Waals surface area (Å²) in [6.45, 7) is 9.50. The summed E-state index contributed by atoms with van der Waals surface area (Å²) in [6, 6.07) is 1.94. The minimum atomic E-state index is -0.550. The van der Waals surface area contributed by atoms with Crippen molar-refractivity contribution in [1.29, 1.82) is 0 Å². The van der Waals surface area contributed by atoms with Gasteiger partial charge in [0.2, 0.25) is 0 Å². The third-order valence-corrected chi connectivity index (χ3v) is 3.75. The van der Waals surface area contributed by atoms with Gasteiger partial charge in [-0.2, -0.15) is 5.10 Å². The number of carbonyl (C=O) groups is 1. The Hall–Kier alpha value is -1.16. The molecule has 0 aliphatic carbocycles. The highest BCUT2D eigenvalue weighted by atomic mass is 16.1. The average molecular weight is 237 g/mol. The van der Waals surface area contributed by atoms with Crippen LogP contribution in [0.15, 0.2) is 6.07 Å². The van der Waals surface area contributed by atoms with E-state index in [4.69, 9.17) is 5.73 Å². The summed E-state index contributed by atoms with van der Waals surface area (Å²) in [5.41, 5.74) is 6.85. The van der Waals surface area contributed by atoms with Crippen molar-refractivity contribution in [3.63, 3.8) is 0 Å². The molecule has 0 amide bonds. The molecule has 0 atom stereocenters. The number of hydrogen-bond acceptors (Lipinski definition) is 3. The summed E-state index contributed by atoms with van der Waals surface area (Å²) >= 11 is 0. The van der Waals surface area contributed by atoms with E-state index in [2.05, 4.69) is 5.10 Å². The molecule has 1 rings (SSSR count). The Labute approximate surface area is 103 Å². The van der Waals surface area contributed by atoms with E-state index in [1.54, 1.807) is 4.68 Å². The third kappa shape index (κ3) is 2.75. The molecule has 96 valence electrons. The maximum Gasteiger partial charge on any atom is 0.146 e. The van der Waals surface area contributed by atoms with Gasteiger partial charge in [0, 0.05) is 30.1 Å². The molecule has 2 N–H and O–H groups in total. The van der Waals surface area contributed by atoms with Crippen molar-refractivity contribution in [2.24, 2.45) is 18.2 Å². The largest absolute Gasteiger partial charge is 0.325 e. The lowest BCUT2D eigenvalue weighted by Crippen LogP contribution is -2.52. The summed E-state index contributed by atoms with van der Waals surface area (Å²) < 4.78 is 1.76. The Balaban J connectivity index is 2.90. The fourth-order valence-electron chi connectivity index (χ4n) is 1.57. The molecular formula is C13H23N3O. The lowest BCUT2D eigenvalue weighted by molar-refractivity contribution is -0.129. The zero-order chi connectivity index (χ0) is 13.4. The standard InChI is InChI=1S/C13H23N3O/c1-9-7-10(16(6)15-9)8-11(17)12(2,3)13(4,5)14/h7H,8,14H2,1-6H3. The molecule has 0 saturated carbocycles. The normalized spacial score (nSPS) is 12.9. The van der Waals surface area contributed by atoms with Crippen LogP contribution in [0.4, 0.5) is 0 Å². The second-order valence-corrected chi connectivity index (χ2v) is 5.85. The molecule has 0 radical (unpaired) electrons. The maximum atomic E-state index is 12.3. The number of nitrogens with zero attached hydrogens (tertiary/aromatic N) is 2. The Morgan fingerprint density at radius 3 is 2.29 bits per heavy atom. The van der Waals surface area contributed by atoms with Gasteiger partial charge in [0.25, 0.3) is 0 Å². The summed E-state index contributed by atoms with van der Waals surface area (Å²) in [7, 11) is 1.86. The maximum absolute atomic E-state index is 12.3. The number of aromatic nitrogens is 2. The van der Waals surface area contributed by atoms with E-state index < -0.39 is 11.0 Å². The number of nitrogens with two attached hydrogens (primary N) is 1. The molecular weight excluding hydrogens is 214 g/mol. The highest BCUT2D eigenvalue weighted by Gasteiger charge is 2.40. The Bertz CT molecular complexity index is 424. The minimum Gasteiger partial charge on any atom is -0.325 e. The van der Waals surface area contributed by atoms with Crippen molar-refractivity contribution in [2.45, 2.75) is 46.6 Å². The summed E-state index contributed by atoms with van der Waals surface area (Å²) in [4.78, 5) is 12.3. The van der Waals surface area contributed by atoms with Crippen LogP contribution in [0.25, 0.3) is 0 Å². The number of carbonyl (C=O) groups excluding carboxylic acids is 1. The Kier molecular flexibility index (Phi) is 3.48. The summed E-state index contributed by atoms with van der Waals surface area (Å²) in [5.74, 6) is 0.146. The molecule has 17 heavy (non-hydrogen) atoms. The average Bonchev–Trinajstić information content (AvgIpc) is 2.43. The fourth-order valence-corrected chi connectivity index (χ4v) is 1.57. The van der Waals surface area contributed by atoms with Gasteiger partial charge in [0.1, 0.15) is 5.78 Å². The molecule has 4 heteroatoms. The molecule has 0 aliphatic heterocycles. The first-order valence-electron chi connectivity index (χ1n) is 5.87. The number of aryl methyl sites for hydroxylation is 2. The van der Waals surface area contributed by atoms with E-state index >= 15 is 0 Å². The first kappa shape index (κ1) is 13.9. The van der Waals surface area contributed by atoms with Crippen LogP contribution < -0.4 is 5.73 Å². The highest BCUT2D eigenvalue weighted by molar-refractivity contribution is 5.87. The number of rotatable bonds is 4. The monoisotopic (exact) mass is 237 g/mol. The lowest BCUT2D eigenvalue weighted by Gasteiger charge is -2.37. The van der Waals surface area contributed by atoms with Crippen molar-refractivity contribution in [3.05, 3.63) is 17.5 Å². The molecule has 0 aliphatic rings. The Morgan fingerprint density at radius 2 is 1.94 bits per heavy atom. The molecule has 1 aromatic heterocycles. The molecule has 1 heterocycles. The third-order valence-electron chi connectivity index (χ3n) is 3.75. The summed E-state index contributed by atoms with van der Waals surface area (Å²) in [6.07, 6.45) is 0.380.